The highest BCUT2D eigenvalue weighted by Gasteiger charge is 1.78. The summed E-state index contributed by atoms with van der Waals surface area (Å²) in [4.78, 5) is 0. The van der Waals surface area contributed by atoms with Gasteiger partial charge in [-0.3, -0.25) is 0 Å². The topological polar surface area (TPSA) is 0 Å². The lowest BCUT2D eigenvalue weighted by Gasteiger charge is -1.87. The van der Waals surface area contributed by atoms with Crippen LogP contribution < -0.4 is 0 Å². The van der Waals surface area contributed by atoms with Crippen molar-refractivity contribution in [1.82, 2.24) is 0 Å². The summed E-state index contributed by atoms with van der Waals surface area (Å²) in [5.74, 6) is 1.09. The standard InChI is InChI=1S/C5H5S/c1-2-4-6-5-3-1/h2-4H,5H2. The fourth-order valence-electron chi connectivity index (χ4n) is 0.307. The number of thioether (sulfide) groups is 1. The van der Waals surface area contributed by atoms with Crippen molar-refractivity contribution in [2.45, 2.75) is 0 Å². The Balaban J connectivity index is 2.46. The molecular formula is C5H5S. The van der Waals surface area contributed by atoms with Crippen molar-refractivity contribution in [2.75, 3.05) is 5.75 Å². The van der Waals surface area contributed by atoms with Crippen LogP contribution in [0.15, 0.2) is 17.6 Å². The summed E-state index contributed by atoms with van der Waals surface area (Å²) in [5, 5.41) is 2.04. The zero-order valence-corrected chi connectivity index (χ0v) is 4.16. The van der Waals surface area contributed by atoms with Gasteiger partial charge in [-0.2, -0.15) is 0 Å². The van der Waals surface area contributed by atoms with Crippen molar-refractivity contribution in [2.24, 2.45) is 0 Å². The second kappa shape index (κ2) is 2.08. The maximum atomic E-state index is 2.96. The minimum atomic E-state index is 1.09. The van der Waals surface area contributed by atoms with Crippen LogP contribution in [-0.2, 0) is 0 Å². The summed E-state index contributed by atoms with van der Waals surface area (Å²) in [5.41, 5.74) is 0. The fraction of sp³-hybridized carbons (Fsp3) is 0.200. The minimum Gasteiger partial charge on any atom is -0.130 e. The first-order valence-electron chi connectivity index (χ1n) is 1.84. The first kappa shape index (κ1) is 4.00. The monoisotopic (exact) mass is 97.0 g/mol. The molecule has 31 valence electrons. The van der Waals surface area contributed by atoms with Crippen LogP contribution in [0.3, 0.4) is 0 Å². The average molecular weight is 97.2 g/mol. The maximum Gasteiger partial charge on any atom is 0.0163 e. The highest BCUT2D eigenvalue weighted by atomic mass is 32.2. The van der Waals surface area contributed by atoms with Gasteiger partial charge in [0.1, 0.15) is 0 Å². The molecule has 0 saturated carbocycles. The summed E-state index contributed by atoms with van der Waals surface area (Å²) < 4.78 is 0. The van der Waals surface area contributed by atoms with Gasteiger partial charge in [0.15, 0.2) is 0 Å². The summed E-state index contributed by atoms with van der Waals surface area (Å²) in [7, 11) is 0. The highest BCUT2D eigenvalue weighted by molar-refractivity contribution is 8.02. The molecule has 1 aliphatic rings. The Morgan fingerprint density at radius 2 is 2.67 bits per heavy atom. The molecule has 1 aliphatic heterocycles. The zero-order chi connectivity index (χ0) is 4.24. The van der Waals surface area contributed by atoms with Crippen molar-refractivity contribution < 1.29 is 0 Å². The number of hydrogen-bond donors (Lipinski definition) is 0. The molecule has 1 radical (unpaired) electrons. The van der Waals surface area contributed by atoms with Gasteiger partial charge in [-0.05, 0) is 17.6 Å². The van der Waals surface area contributed by atoms with E-state index in [2.05, 4.69) is 6.08 Å². The highest BCUT2D eigenvalue weighted by Crippen LogP contribution is 2.05. The van der Waals surface area contributed by atoms with Gasteiger partial charge in [0.2, 0.25) is 0 Å². The molecule has 6 heavy (non-hydrogen) atoms. The van der Waals surface area contributed by atoms with Crippen molar-refractivity contribution >= 4 is 11.8 Å². The Hall–Kier alpha value is -0.170. The van der Waals surface area contributed by atoms with E-state index in [0.717, 1.165) is 5.75 Å². The van der Waals surface area contributed by atoms with Crippen molar-refractivity contribution in [3.8, 4) is 0 Å². The van der Waals surface area contributed by atoms with Gasteiger partial charge in [0.25, 0.3) is 0 Å². The van der Waals surface area contributed by atoms with Gasteiger partial charge in [0, 0.05) is 5.75 Å². The molecule has 1 heteroatoms. The third-order valence-corrected chi connectivity index (χ3v) is 1.25. The lowest BCUT2D eigenvalue weighted by Crippen LogP contribution is -1.68. The Kier molecular flexibility index (Phi) is 1.39. The normalized spacial score (nSPS) is 18.7. The third kappa shape index (κ3) is 0.902. The van der Waals surface area contributed by atoms with E-state index in [1.54, 1.807) is 11.8 Å². The quantitative estimate of drug-likeness (QED) is 0.442. The van der Waals surface area contributed by atoms with E-state index in [9.17, 15) is 0 Å². The van der Waals surface area contributed by atoms with Crippen LogP contribution in [0.1, 0.15) is 0 Å². The number of rotatable bonds is 0. The summed E-state index contributed by atoms with van der Waals surface area (Å²) in [6.07, 6.45) is 6.90. The molecule has 0 spiro atoms. The molecule has 0 aromatic heterocycles. The Labute approximate surface area is 41.9 Å². The number of allylic oxidation sites excluding steroid dienone is 2. The van der Waals surface area contributed by atoms with Crippen LogP contribution in [0.25, 0.3) is 0 Å². The molecule has 0 N–H and O–H groups in total. The molecule has 0 bridgehead atoms. The second-order valence-corrected chi connectivity index (χ2v) is 1.95. The van der Waals surface area contributed by atoms with Gasteiger partial charge >= 0.3 is 0 Å². The molecule has 0 aromatic carbocycles. The zero-order valence-electron chi connectivity index (χ0n) is 3.35. The van der Waals surface area contributed by atoms with Crippen LogP contribution in [0.5, 0.6) is 0 Å². The SMILES string of the molecule is [C]1=CCSC=C1. The predicted molar refractivity (Wildman–Crippen MR) is 29.4 cm³/mol. The molecule has 0 saturated heterocycles. The van der Waals surface area contributed by atoms with E-state index in [4.69, 9.17) is 0 Å². The molecule has 0 nitrogen and oxygen atoms in total. The summed E-state index contributed by atoms with van der Waals surface area (Å²) in [6.45, 7) is 0. The van der Waals surface area contributed by atoms with E-state index in [-0.39, 0.29) is 0 Å². The first-order chi connectivity index (χ1) is 3.00. The van der Waals surface area contributed by atoms with E-state index >= 15 is 0 Å². The van der Waals surface area contributed by atoms with Crippen LogP contribution in [-0.4, -0.2) is 5.75 Å². The average Bonchev–Trinajstić information content (AvgIpc) is 1.72. The minimum absolute atomic E-state index is 1.09. The molecule has 1 rings (SSSR count). The Morgan fingerprint density at radius 3 is 2.83 bits per heavy atom. The third-order valence-electron chi connectivity index (χ3n) is 0.558. The van der Waals surface area contributed by atoms with E-state index in [0.29, 0.717) is 0 Å². The predicted octanol–water partition coefficient (Wildman–Crippen LogP) is 1.61. The molecule has 0 aromatic rings. The van der Waals surface area contributed by atoms with Crippen LogP contribution in [0.2, 0.25) is 0 Å². The van der Waals surface area contributed by atoms with Crippen LogP contribution in [0.4, 0.5) is 0 Å². The Bertz CT molecular complexity index is 69.9. The Morgan fingerprint density at radius 1 is 1.67 bits per heavy atom. The first-order valence-corrected chi connectivity index (χ1v) is 2.89. The molecular weight excluding hydrogens is 92.1 g/mol. The summed E-state index contributed by atoms with van der Waals surface area (Å²) in [6, 6.07) is 0. The fourth-order valence-corrected chi connectivity index (χ4v) is 0.786. The smallest absolute Gasteiger partial charge is 0.0163 e. The van der Waals surface area contributed by atoms with Crippen molar-refractivity contribution in [3.63, 3.8) is 0 Å². The van der Waals surface area contributed by atoms with Gasteiger partial charge in [-0.15, -0.1) is 11.8 Å². The molecule has 0 fully saturated rings. The van der Waals surface area contributed by atoms with Crippen LogP contribution >= 0.6 is 11.8 Å². The van der Waals surface area contributed by atoms with E-state index < -0.39 is 0 Å². The van der Waals surface area contributed by atoms with Gasteiger partial charge in [0.05, 0.1) is 0 Å². The second-order valence-electron chi connectivity index (χ2n) is 1.01. The van der Waals surface area contributed by atoms with Crippen molar-refractivity contribution in [1.29, 1.82) is 0 Å². The lowest BCUT2D eigenvalue weighted by molar-refractivity contribution is 1.70. The molecule has 0 amide bonds. The lowest BCUT2D eigenvalue weighted by atomic mass is 10.5. The molecule has 1 heterocycles. The van der Waals surface area contributed by atoms with Gasteiger partial charge < -0.3 is 0 Å². The van der Waals surface area contributed by atoms with E-state index in [1.165, 1.54) is 0 Å². The van der Waals surface area contributed by atoms with Crippen LogP contribution in [0, 0.1) is 6.08 Å². The summed E-state index contributed by atoms with van der Waals surface area (Å²) >= 11 is 1.80. The molecule has 0 aliphatic carbocycles. The van der Waals surface area contributed by atoms with E-state index in [1.807, 2.05) is 17.6 Å². The van der Waals surface area contributed by atoms with Gasteiger partial charge in [-0.1, -0.05) is 6.08 Å². The molecule has 0 atom stereocenters. The molecule has 0 unspecified atom stereocenters. The maximum absolute atomic E-state index is 2.96. The number of hydrogen-bond acceptors (Lipinski definition) is 1. The van der Waals surface area contributed by atoms with Gasteiger partial charge in [-0.25, -0.2) is 0 Å². The largest absolute Gasteiger partial charge is 0.130 e. The van der Waals surface area contributed by atoms with Crippen molar-refractivity contribution in [3.05, 3.63) is 23.6 Å².